The van der Waals surface area contributed by atoms with Crippen molar-refractivity contribution in [3.05, 3.63) is 46.5 Å². The van der Waals surface area contributed by atoms with Gasteiger partial charge in [0.2, 0.25) is 0 Å². The summed E-state index contributed by atoms with van der Waals surface area (Å²) in [4.78, 5) is 0. The van der Waals surface area contributed by atoms with Crippen LogP contribution in [0.4, 0.5) is 0 Å². The van der Waals surface area contributed by atoms with Gasteiger partial charge in [-0.25, -0.2) is 0 Å². The van der Waals surface area contributed by atoms with Gasteiger partial charge in [0.25, 0.3) is 0 Å². The van der Waals surface area contributed by atoms with Crippen LogP contribution < -0.4 is 18.6 Å². The van der Waals surface area contributed by atoms with E-state index in [0.29, 0.717) is 11.5 Å². The van der Waals surface area contributed by atoms with Gasteiger partial charge in [-0.1, -0.05) is 95.2 Å². The van der Waals surface area contributed by atoms with Crippen LogP contribution in [-0.4, -0.2) is 6.96 Å². The minimum atomic E-state index is -2.46. The first-order chi connectivity index (χ1) is 14.8. The van der Waals surface area contributed by atoms with Crippen molar-refractivity contribution < 1.29 is 18.6 Å². The van der Waals surface area contributed by atoms with Gasteiger partial charge in [0.05, 0.1) is 0 Å². The average Bonchev–Trinajstić information content (AvgIpc) is 3.14. The Morgan fingerprint density at radius 2 is 0.788 bits per heavy atom. The minimum Gasteiger partial charge on any atom is -0.609 e. The molecule has 2 aromatic rings. The molecule has 0 fully saturated rings. The van der Waals surface area contributed by atoms with Gasteiger partial charge < -0.3 is 18.6 Å². The lowest BCUT2D eigenvalue weighted by Crippen LogP contribution is -2.54. The van der Waals surface area contributed by atoms with Crippen LogP contribution in [0.5, 0.6) is 23.0 Å². The SMILES string of the molecule is CC(C)(C)c1cc2c(c(C(C)(C)C)c1)O[B-]1(O2)Oc2cc(C(C)(C)C)cc(C(C)(C)C)c2O1. The normalized spacial score (nSPS) is 17.1. The maximum Gasteiger partial charge on any atom is 0.777 e. The van der Waals surface area contributed by atoms with E-state index >= 15 is 0 Å². The molecule has 0 saturated carbocycles. The standard InChI is InChI=1S/C28H40BO4/c1-25(2,3)17-13-19(27(7,8)9)23-21(15-17)30-29(32-23)31-22-16-18(26(4,5)6)14-20(24(22)33-29)28(10,11)12/h13-16H,1-12H3/q-1. The predicted molar refractivity (Wildman–Crippen MR) is 136 cm³/mol. The molecule has 0 amide bonds. The lowest BCUT2D eigenvalue weighted by molar-refractivity contribution is 0.222. The van der Waals surface area contributed by atoms with Crippen LogP contribution in [0.1, 0.15) is 105 Å². The molecule has 0 unspecified atom stereocenters. The summed E-state index contributed by atoms with van der Waals surface area (Å²) in [6.45, 7) is 23.9. The molecule has 2 heterocycles. The Morgan fingerprint density at radius 3 is 1.06 bits per heavy atom. The number of benzene rings is 2. The molecule has 5 heteroatoms. The lowest BCUT2D eigenvalue weighted by Gasteiger charge is -2.30. The Labute approximate surface area is 200 Å². The average molecular weight is 451 g/mol. The largest absolute Gasteiger partial charge is 0.777 e. The molecule has 2 aliphatic heterocycles. The highest BCUT2D eigenvalue weighted by Crippen LogP contribution is 2.53. The summed E-state index contributed by atoms with van der Waals surface area (Å²) in [5.41, 5.74) is 4.28. The van der Waals surface area contributed by atoms with Crippen molar-refractivity contribution in [3.63, 3.8) is 0 Å². The molecule has 2 aromatic carbocycles. The van der Waals surface area contributed by atoms with Gasteiger partial charge in [-0.05, 0) is 56.0 Å². The van der Waals surface area contributed by atoms with Crippen LogP contribution in [-0.2, 0) is 21.7 Å². The molecule has 0 aliphatic carbocycles. The highest BCUT2D eigenvalue weighted by molar-refractivity contribution is 6.59. The van der Waals surface area contributed by atoms with Crippen molar-refractivity contribution in [2.75, 3.05) is 0 Å². The lowest BCUT2D eigenvalue weighted by atomic mass is 9.80. The van der Waals surface area contributed by atoms with E-state index in [-0.39, 0.29) is 21.7 Å². The Balaban J connectivity index is 1.82. The van der Waals surface area contributed by atoms with E-state index in [9.17, 15) is 0 Å². The van der Waals surface area contributed by atoms with Crippen LogP contribution in [0.2, 0.25) is 0 Å². The second-order valence-electron chi connectivity index (χ2n) is 13.8. The molecule has 0 aromatic heterocycles. The summed E-state index contributed by atoms with van der Waals surface area (Å²) in [5, 5.41) is 0. The van der Waals surface area contributed by atoms with Crippen molar-refractivity contribution >= 4 is 6.96 Å². The summed E-state index contributed by atoms with van der Waals surface area (Å²) >= 11 is 0. The molecule has 0 atom stereocenters. The van der Waals surface area contributed by atoms with Crippen molar-refractivity contribution in [3.8, 4) is 23.0 Å². The Hall–Kier alpha value is -2.30. The minimum absolute atomic E-state index is 0.0253. The molecular formula is C28H40BO4-. The van der Waals surface area contributed by atoms with Crippen LogP contribution in [0.3, 0.4) is 0 Å². The maximum atomic E-state index is 6.45. The molecular weight excluding hydrogens is 411 g/mol. The predicted octanol–water partition coefficient (Wildman–Crippen LogP) is 7.55. The van der Waals surface area contributed by atoms with E-state index in [1.807, 2.05) is 0 Å². The van der Waals surface area contributed by atoms with Gasteiger partial charge >= 0.3 is 6.96 Å². The molecule has 0 saturated heterocycles. The second-order valence-corrected chi connectivity index (χ2v) is 13.8. The van der Waals surface area contributed by atoms with E-state index in [4.69, 9.17) is 18.6 Å². The second kappa shape index (κ2) is 6.87. The van der Waals surface area contributed by atoms with E-state index in [1.165, 1.54) is 11.1 Å². The summed E-state index contributed by atoms with van der Waals surface area (Å²) in [6.07, 6.45) is 0. The zero-order valence-electron chi connectivity index (χ0n) is 22.5. The maximum absolute atomic E-state index is 6.45. The van der Waals surface area contributed by atoms with Gasteiger partial charge in [-0.2, -0.15) is 0 Å². The third kappa shape index (κ3) is 4.20. The number of rotatable bonds is 0. The van der Waals surface area contributed by atoms with Crippen molar-refractivity contribution in [2.45, 2.75) is 105 Å². The Kier molecular flexibility index (Phi) is 4.96. The van der Waals surface area contributed by atoms with Crippen molar-refractivity contribution in [1.29, 1.82) is 0 Å². The van der Waals surface area contributed by atoms with Crippen LogP contribution in [0.15, 0.2) is 24.3 Å². The first-order valence-electron chi connectivity index (χ1n) is 12.1. The third-order valence-electron chi connectivity index (χ3n) is 6.52. The van der Waals surface area contributed by atoms with Crippen molar-refractivity contribution in [1.82, 2.24) is 0 Å². The molecule has 0 bridgehead atoms. The van der Waals surface area contributed by atoms with Crippen LogP contribution in [0, 0.1) is 0 Å². The summed E-state index contributed by atoms with van der Waals surface area (Å²) in [5.74, 6) is 2.82. The third-order valence-corrected chi connectivity index (χ3v) is 6.52. The number of hydrogen-bond acceptors (Lipinski definition) is 4. The quantitative estimate of drug-likeness (QED) is 0.388. The molecule has 0 radical (unpaired) electrons. The summed E-state index contributed by atoms with van der Waals surface area (Å²) in [7, 11) is 0. The molecule has 33 heavy (non-hydrogen) atoms. The van der Waals surface area contributed by atoms with E-state index in [2.05, 4.69) is 107 Å². The smallest absolute Gasteiger partial charge is 0.609 e. The first kappa shape index (κ1) is 23.8. The molecule has 4 rings (SSSR count). The highest BCUT2D eigenvalue weighted by atomic mass is 16.9. The van der Waals surface area contributed by atoms with Gasteiger partial charge in [0, 0.05) is 0 Å². The fraction of sp³-hybridized carbons (Fsp3) is 0.571. The molecule has 1 spiro atoms. The zero-order valence-corrected chi connectivity index (χ0v) is 22.5. The van der Waals surface area contributed by atoms with Gasteiger partial charge in [-0.3, -0.25) is 0 Å². The monoisotopic (exact) mass is 451 g/mol. The van der Waals surface area contributed by atoms with Crippen LogP contribution >= 0.6 is 0 Å². The van der Waals surface area contributed by atoms with Gasteiger partial charge in [0.15, 0.2) is 0 Å². The van der Waals surface area contributed by atoms with E-state index < -0.39 is 6.96 Å². The summed E-state index contributed by atoms with van der Waals surface area (Å²) < 4.78 is 25.7. The fourth-order valence-electron chi connectivity index (χ4n) is 4.35. The van der Waals surface area contributed by atoms with E-state index in [1.54, 1.807) is 0 Å². The van der Waals surface area contributed by atoms with Gasteiger partial charge in [-0.15, -0.1) is 0 Å². The molecule has 180 valence electrons. The van der Waals surface area contributed by atoms with Crippen molar-refractivity contribution in [2.24, 2.45) is 0 Å². The molecule has 2 aliphatic rings. The zero-order chi connectivity index (χ0) is 24.8. The van der Waals surface area contributed by atoms with Gasteiger partial charge in [0.1, 0.15) is 23.0 Å². The number of fused-ring (bicyclic) bond motifs is 2. The van der Waals surface area contributed by atoms with E-state index in [0.717, 1.165) is 22.6 Å². The fourth-order valence-corrected chi connectivity index (χ4v) is 4.35. The summed E-state index contributed by atoms with van der Waals surface area (Å²) in [6, 6.07) is 8.61. The molecule has 4 nitrogen and oxygen atoms in total. The first-order valence-corrected chi connectivity index (χ1v) is 12.1. The Morgan fingerprint density at radius 1 is 0.455 bits per heavy atom. The Bertz CT molecular complexity index is 1020. The number of hydrogen-bond donors (Lipinski definition) is 0. The van der Waals surface area contributed by atoms with Crippen LogP contribution in [0.25, 0.3) is 0 Å². The highest BCUT2D eigenvalue weighted by Gasteiger charge is 2.54. The molecule has 0 N–H and O–H groups in total. The topological polar surface area (TPSA) is 36.9 Å².